The predicted molar refractivity (Wildman–Crippen MR) is 123 cm³/mol. The molecule has 0 heterocycles. The molecule has 0 saturated carbocycles. The van der Waals surface area contributed by atoms with Crippen LogP contribution in [0.4, 0.5) is 15.3 Å². The summed E-state index contributed by atoms with van der Waals surface area (Å²) in [5.41, 5.74) is -0.839. The fraction of sp³-hybridized carbons (Fsp3) is 0.609. The summed E-state index contributed by atoms with van der Waals surface area (Å²) in [5, 5.41) is 0. The van der Waals surface area contributed by atoms with Gasteiger partial charge in [-0.3, -0.25) is 0 Å². The zero-order valence-corrected chi connectivity index (χ0v) is 20.8. The molecule has 0 bridgehead atoms. The number of aliphatic imine (C=N–C) groups is 1. The second kappa shape index (κ2) is 12.1. The molecule has 2 amide bonds. The van der Waals surface area contributed by atoms with Gasteiger partial charge in [0.2, 0.25) is 6.08 Å². The predicted octanol–water partition coefficient (Wildman–Crippen LogP) is 4.15. The van der Waals surface area contributed by atoms with Crippen LogP contribution in [-0.4, -0.2) is 79.7 Å². The van der Waals surface area contributed by atoms with Crippen LogP contribution in [0.15, 0.2) is 23.2 Å². The van der Waals surface area contributed by atoms with Crippen molar-refractivity contribution in [2.75, 3.05) is 40.4 Å². The molecular formula is C23H35N3O7. The number of ether oxygens (including phenoxy) is 4. The van der Waals surface area contributed by atoms with Crippen LogP contribution in [0.1, 0.15) is 41.5 Å². The van der Waals surface area contributed by atoms with Crippen molar-refractivity contribution >= 4 is 24.0 Å². The van der Waals surface area contributed by atoms with Crippen molar-refractivity contribution in [3.63, 3.8) is 0 Å². The molecule has 184 valence electrons. The molecule has 33 heavy (non-hydrogen) atoms. The van der Waals surface area contributed by atoms with Gasteiger partial charge in [0, 0.05) is 20.2 Å². The number of carbonyl (C=O) groups excluding carboxylic acids is 3. The van der Waals surface area contributed by atoms with Crippen LogP contribution in [0.5, 0.6) is 11.5 Å². The molecule has 0 aliphatic carbocycles. The Kier molecular flexibility index (Phi) is 10.2. The van der Waals surface area contributed by atoms with E-state index in [-0.39, 0.29) is 26.3 Å². The zero-order valence-electron chi connectivity index (χ0n) is 20.8. The molecular weight excluding hydrogens is 430 g/mol. The van der Waals surface area contributed by atoms with E-state index in [0.717, 1.165) is 0 Å². The maximum absolute atomic E-state index is 12.1. The molecule has 10 heteroatoms. The Morgan fingerprint density at radius 1 is 0.848 bits per heavy atom. The first kappa shape index (κ1) is 27.8. The minimum atomic E-state index is -0.596. The Bertz CT molecular complexity index is 853. The topological polar surface area (TPSA) is 107 Å². The van der Waals surface area contributed by atoms with E-state index in [1.807, 2.05) is 0 Å². The van der Waals surface area contributed by atoms with Gasteiger partial charge in [0.05, 0.1) is 18.8 Å². The van der Waals surface area contributed by atoms with Gasteiger partial charge in [0.25, 0.3) is 0 Å². The van der Waals surface area contributed by atoms with Gasteiger partial charge in [0.15, 0.2) is 11.5 Å². The van der Waals surface area contributed by atoms with Crippen LogP contribution in [0.25, 0.3) is 0 Å². The Morgan fingerprint density at radius 2 is 1.30 bits per heavy atom. The minimum absolute atomic E-state index is 0.151. The second-order valence-electron chi connectivity index (χ2n) is 9.33. The molecule has 10 nitrogen and oxygen atoms in total. The van der Waals surface area contributed by atoms with E-state index in [9.17, 15) is 14.4 Å². The third-order valence-corrected chi connectivity index (χ3v) is 3.88. The Hall–Kier alpha value is -3.26. The highest BCUT2D eigenvalue weighted by atomic mass is 16.6. The maximum atomic E-state index is 12.1. The summed E-state index contributed by atoms with van der Waals surface area (Å²) in [6, 6.07) is 4.72. The van der Waals surface area contributed by atoms with Gasteiger partial charge in [-0.2, -0.15) is 4.99 Å². The number of carbonyl (C=O) groups is 2. The number of hydrogen-bond acceptors (Lipinski definition) is 8. The minimum Gasteiger partial charge on any atom is -0.488 e. The lowest BCUT2D eigenvalue weighted by Crippen LogP contribution is -2.36. The van der Waals surface area contributed by atoms with E-state index in [0.29, 0.717) is 17.2 Å². The number of benzene rings is 1. The van der Waals surface area contributed by atoms with E-state index in [4.69, 9.17) is 18.9 Å². The normalized spacial score (nSPS) is 11.2. The molecule has 0 N–H and O–H groups in total. The van der Waals surface area contributed by atoms with Gasteiger partial charge in [-0.15, -0.1) is 0 Å². The van der Waals surface area contributed by atoms with Crippen LogP contribution in [0.3, 0.4) is 0 Å². The van der Waals surface area contributed by atoms with Crippen molar-refractivity contribution in [2.45, 2.75) is 52.7 Å². The first-order valence-corrected chi connectivity index (χ1v) is 10.6. The third-order valence-electron chi connectivity index (χ3n) is 3.88. The van der Waals surface area contributed by atoms with Gasteiger partial charge < -0.3 is 28.7 Å². The Morgan fingerprint density at radius 3 is 1.73 bits per heavy atom. The largest absolute Gasteiger partial charge is 0.488 e. The number of hydrogen-bond donors (Lipinski definition) is 0. The summed E-state index contributed by atoms with van der Waals surface area (Å²) >= 11 is 0. The smallest absolute Gasteiger partial charge is 0.410 e. The molecule has 0 aliphatic rings. The maximum Gasteiger partial charge on any atom is 0.410 e. The summed E-state index contributed by atoms with van der Waals surface area (Å²) in [4.78, 5) is 41.1. The molecule has 0 unspecified atom stereocenters. The number of isocyanates is 1. The van der Waals surface area contributed by atoms with E-state index in [1.165, 1.54) is 21.9 Å². The van der Waals surface area contributed by atoms with Crippen LogP contribution in [0.2, 0.25) is 0 Å². The van der Waals surface area contributed by atoms with Gasteiger partial charge in [-0.25, -0.2) is 14.4 Å². The van der Waals surface area contributed by atoms with Crippen molar-refractivity contribution < 1.29 is 33.3 Å². The molecule has 0 fully saturated rings. The highest BCUT2D eigenvalue weighted by Crippen LogP contribution is 2.31. The summed E-state index contributed by atoms with van der Waals surface area (Å²) < 4.78 is 22.2. The molecule has 0 aliphatic heterocycles. The molecule has 0 aromatic heterocycles. The molecule has 0 radical (unpaired) electrons. The van der Waals surface area contributed by atoms with Crippen LogP contribution < -0.4 is 9.47 Å². The van der Waals surface area contributed by atoms with E-state index >= 15 is 0 Å². The van der Waals surface area contributed by atoms with E-state index in [2.05, 4.69) is 4.99 Å². The number of likely N-dealkylation sites (N-methyl/N-ethyl adjacent to an activating group) is 2. The average molecular weight is 466 g/mol. The van der Waals surface area contributed by atoms with Crippen molar-refractivity contribution in [1.29, 1.82) is 0 Å². The van der Waals surface area contributed by atoms with Crippen LogP contribution in [0, 0.1) is 0 Å². The summed E-state index contributed by atoms with van der Waals surface area (Å²) in [6.45, 7) is 11.6. The third kappa shape index (κ3) is 11.2. The molecule has 0 atom stereocenters. The van der Waals surface area contributed by atoms with Crippen molar-refractivity contribution in [3.8, 4) is 11.5 Å². The lowest BCUT2D eigenvalue weighted by atomic mass is 10.2. The molecule has 1 aromatic carbocycles. The number of nitrogens with zero attached hydrogens (tertiary/aromatic N) is 3. The Labute approximate surface area is 195 Å². The van der Waals surface area contributed by atoms with Gasteiger partial charge in [0.1, 0.15) is 24.4 Å². The summed E-state index contributed by atoms with van der Waals surface area (Å²) in [7, 11) is 3.22. The molecule has 0 saturated heterocycles. The Balaban J connectivity index is 2.73. The van der Waals surface area contributed by atoms with E-state index in [1.54, 1.807) is 67.8 Å². The molecule has 0 spiro atoms. The second-order valence-corrected chi connectivity index (χ2v) is 9.33. The fourth-order valence-electron chi connectivity index (χ4n) is 2.30. The first-order valence-electron chi connectivity index (χ1n) is 10.6. The van der Waals surface area contributed by atoms with Crippen molar-refractivity contribution in [3.05, 3.63) is 18.2 Å². The van der Waals surface area contributed by atoms with Gasteiger partial charge in [-0.05, 0) is 53.7 Å². The molecule has 1 rings (SSSR count). The first-order chi connectivity index (χ1) is 15.2. The lowest BCUT2D eigenvalue weighted by molar-refractivity contribution is 0.0263. The number of rotatable bonds is 9. The van der Waals surface area contributed by atoms with Crippen molar-refractivity contribution in [2.24, 2.45) is 4.99 Å². The highest BCUT2D eigenvalue weighted by molar-refractivity contribution is 5.68. The van der Waals surface area contributed by atoms with Gasteiger partial charge in [-0.1, -0.05) is 0 Å². The fourth-order valence-corrected chi connectivity index (χ4v) is 2.30. The van der Waals surface area contributed by atoms with E-state index < -0.39 is 23.4 Å². The average Bonchev–Trinajstić information content (AvgIpc) is 2.66. The summed E-state index contributed by atoms with van der Waals surface area (Å²) in [5.74, 6) is 0.737. The molecule has 1 aromatic rings. The lowest BCUT2D eigenvalue weighted by Gasteiger charge is -2.25. The van der Waals surface area contributed by atoms with Crippen LogP contribution in [-0.2, 0) is 14.3 Å². The van der Waals surface area contributed by atoms with Gasteiger partial charge >= 0.3 is 12.2 Å². The monoisotopic (exact) mass is 465 g/mol. The van der Waals surface area contributed by atoms with Crippen LogP contribution >= 0.6 is 0 Å². The SMILES string of the molecule is CN(CCOc1ccc(N=C=O)cc1OCCN(C)C(=O)OC(C)(C)C)C(=O)OC(C)(C)C. The zero-order chi connectivity index (χ0) is 25.2. The standard InChI is InChI=1S/C23H35N3O7/c1-22(2,3)32-20(28)25(7)11-13-30-18-10-9-17(24-16-27)15-19(18)31-14-12-26(8)21(29)33-23(4,5)6/h9-10,15H,11-14H2,1-8H3. The number of amides is 2. The summed E-state index contributed by atoms with van der Waals surface area (Å²) in [6.07, 6.45) is 0.561. The van der Waals surface area contributed by atoms with Crippen molar-refractivity contribution in [1.82, 2.24) is 9.80 Å². The quantitative estimate of drug-likeness (QED) is 0.398. The highest BCUT2D eigenvalue weighted by Gasteiger charge is 2.21.